The number of nitrogens with one attached hydrogen (secondary N) is 1. The van der Waals surface area contributed by atoms with E-state index < -0.39 is 0 Å². The summed E-state index contributed by atoms with van der Waals surface area (Å²) in [7, 11) is 1.71. The Bertz CT molecular complexity index is 466. The van der Waals surface area contributed by atoms with Crippen LogP contribution in [0.25, 0.3) is 0 Å². The molecule has 1 fully saturated rings. The van der Waals surface area contributed by atoms with Gasteiger partial charge in [-0.05, 0) is 37.0 Å². The van der Waals surface area contributed by atoms with Crippen molar-refractivity contribution in [3.63, 3.8) is 0 Å². The molecule has 4 nitrogen and oxygen atoms in total. The van der Waals surface area contributed by atoms with E-state index in [4.69, 9.17) is 9.47 Å². The molecule has 1 saturated heterocycles. The van der Waals surface area contributed by atoms with Crippen molar-refractivity contribution < 1.29 is 9.47 Å². The maximum atomic E-state index is 5.64. The number of nitrogens with zero attached hydrogens (tertiary/aromatic N) is 1. The second-order valence-electron chi connectivity index (χ2n) is 6.27. The van der Waals surface area contributed by atoms with Crippen molar-refractivity contribution in [3.05, 3.63) is 23.8 Å². The van der Waals surface area contributed by atoms with Gasteiger partial charge in [-0.2, -0.15) is 0 Å². The predicted molar refractivity (Wildman–Crippen MR) is 105 cm³/mol. The van der Waals surface area contributed by atoms with E-state index in [1.54, 1.807) is 7.11 Å². The molecule has 1 heterocycles. The largest absolute Gasteiger partial charge is 0.493 e. The molecule has 0 radical (unpaired) electrons. The first-order chi connectivity index (χ1) is 10.7. The molecule has 1 aliphatic rings. The Balaban J connectivity index is 0.00000264. The van der Waals surface area contributed by atoms with Gasteiger partial charge in [0.2, 0.25) is 0 Å². The Kier molecular flexibility index (Phi) is 11.5. The summed E-state index contributed by atoms with van der Waals surface area (Å²) in [6.45, 7) is 11.6. The quantitative estimate of drug-likeness (QED) is 0.778. The van der Waals surface area contributed by atoms with E-state index in [0.29, 0.717) is 18.6 Å². The van der Waals surface area contributed by atoms with E-state index in [2.05, 4.69) is 36.2 Å². The second kappa shape index (κ2) is 11.8. The predicted octanol–water partition coefficient (Wildman–Crippen LogP) is 3.93. The van der Waals surface area contributed by atoms with Gasteiger partial charge < -0.3 is 14.8 Å². The summed E-state index contributed by atoms with van der Waals surface area (Å²) in [5.41, 5.74) is 1.33. The fourth-order valence-corrected chi connectivity index (χ4v) is 3.10. The first-order valence-corrected chi connectivity index (χ1v) is 8.41. The molecular weight excluding hydrogens is 347 g/mol. The van der Waals surface area contributed by atoms with Gasteiger partial charge in [-0.1, -0.05) is 19.9 Å². The average molecular weight is 379 g/mol. The van der Waals surface area contributed by atoms with Crippen LogP contribution in [0.3, 0.4) is 0 Å². The van der Waals surface area contributed by atoms with E-state index in [1.807, 2.05) is 13.0 Å². The van der Waals surface area contributed by atoms with Crippen molar-refractivity contribution in [1.82, 2.24) is 10.2 Å². The minimum Gasteiger partial charge on any atom is -0.493 e. The summed E-state index contributed by atoms with van der Waals surface area (Å²) in [5, 5.41) is 3.44. The van der Waals surface area contributed by atoms with Crippen LogP contribution >= 0.6 is 24.8 Å². The molecule has 6 heteroatoms. The molecule has 2 rings (SSSR count). The SMILES string of the molecule is CCOc1ccc([C@@H](CC(C)C)N2CCNCC2)cc1OC.Cl.Cl. The normalized spacial score (nSPS) is 16.0. The van der Waals surface area contributed by atoms with E-state index in [9.17, 15) is 0 Å². The van der Waals surface area contributed by atoms with Crippen molar-refractivity contribution in [2.24, 2.45) is 5.92 Å². The Hall–Kier alpha value is -0.680. The fraction of sp³-hybridized carbons (Fsp3) is 0.667. The number of methoxy groups -OCH3 is 1. The summed E-state index contributed by atoms with van der Waals surface area (Å²) in [5.74, 6) is 2.33. The van der Waals surface area contributed by atoms with Crippen LogP contribution in [0.5, 0.6) is 11.5 Å². The first kappa shape index (κ1) is 23.3. The molecule has 1 atom stereocenters. The lowest BCUT2D eigenvalue weighted by Crippen LogP contribution is -2.45. The summed E-state index contributed by atoms with van der Waals surface area (Å²) in [6, 6.07) is 6.85. The van der Waals surface area contributed by atoms with Crippen LogP contribution in [-0.4, -0.2) is 44.8 Å². The Morgan fingerprint density at radius 2 is 1.79 bits per heavy atom. The van der Waals surface area contributed by atoms with Crippen LogP contribution in [0.1, 0.15) is 38.8 Å². The maximum absolute atomic E-state index is 5.64. The van der Waals surface area contributed by atoms with Gasteiger partial charge in [0.05, 0.1) is 13.7 Å². The van der Waals surface area contributed by atoms with Crippen LogP contribution in [-0.2, 0) is 0 Å². The van der Waals surface area contributed by atoms with Crippen LogP contribution in [0, 0.1) is 5.92 Å². The lowest BCUT2D eigenvalue weighted by Gasteiger charge is -2.36. The summed E-state index contributed by atoms with van der Waals surface area (Å²) < 4.78 is 11.2. The van der Waals surface area contributed by atoms with Crippen LogP contribution < -0.4 is 14.8 Å². The van der Waals surface area contributed by atoms with Gasteiger partial charge in [0, 0.05) is 32.2 Å². The maximum Gasteiger partial charge on any atom is 0.161 e. The van der Waals surface area contributed by atoms with Gasteiger partial charge in [0.15, 0.2) is 11.5 Å². The molecule has 0 bridgehead atoms. The number of ether oxygens (including phenoxy) is 2. The summed E-state index contributed by atoms with van der Waals surface area (Å²) in [4.78, 5) is 2.59. The minimum absolute atomic E-state index is 0. The zero-order chi connectivity index (χ0) is 15.9. The third kappa shape index (κ3) is 6.32. The monoisotopic (exact) mass is 378 g/mol. The van der Waals surface area contributed by atoms with E-state index in [1.165, 1.54) is 5.56 Å². The highest BCUT2D eigenvalue weighted by molar-refractivity contribution is 5.85. The zero-order valence-corrected chi connectivity index (χ0v) is 16.8. The summed E-state index contributed by atoms with van der Waals surface area (Å²) in [6.07, 6.45) is 1.16. The number of rotatable bonds is 7. The van der Waals surface area contributed by atoms with Crippen LogP contribution in [0.2, 0.25) is 0 Å². The highest BCUT2D eigenvalue weighted by atomic mass is 35.5. The van der Waals surface area contributed by atoms with E-state index in [0.717, 1.165) is 44.1 Å². The molecule has 0 aliphatic carbocycles. The average Bonchev–Trinajstić information content (AvgIpc) is 2.54. The molecule has 0 saturated carbocycles. The lowest BCUT2D eigenvalue weighted by atomic mass is 9.94. The van der Waals surface area contributed by atoms with Crippen molar-refractivity contribution in [2.45, 2.75) is 33.2 Å². The van der Waals surface area contributed by atoms with Gasteiger partial charge in [-0.15, -0.1) is 24.8 Å². The smallest absolute Gasteiger partial charge is 0.161 e. The second-order valence-corrected chi connectivity index (χ2v) is 6.27. The highest BCUT2D eigenvalue weighted by Gasteiger charge is 2.24. The lowest BCUT2D eigenvalue weighted by molar-refractivity contribution is 0.153. The van der Waals surface area contributed by atoms with Crippen molar-refractivity contribution in [1.29, 1.82) is 0 Å². The van der Waals surface area contributed by atoms with Gasteiger partial charge in [0.1, 0.15) is 0 Å². The van der Waals surface area contributed by atoms with E-state index in [-0.39, 0.29) is 24.8 Å². The topological polar surface area (TPSA) is 33.7 Å². The number of hydrogen-bond donors (Lipinski definition) is 1. The van der Waals surface area contributed by atoms with E-state index >= 15 is 0 Å². The third-order valence-electron chi connectivity index (χ3n) is 4.16. The number of piperazine rings is 1. The Morgan fingerprint density at radius 3 is 2.33 bits per heavy atom. The molecule has 1 aromatic carbocycles. The van der Waals surface area contributed by atoms with Gasteiger partial charge in [0.25, 0.3) is 0 Å². The number of benzene rings is 1. The van der Waals surface area contributed by atoms with Crippen LogP contribution in [0.15, 0.2) is 18.2 Å². The molecule has 0 aromatic heterocycles. The molecule has 0 amide bonds. The van der Waals surface area contributed by atoms with Gasteiger partial charge in [-0.3, -0.25) is 4.90 Å². The highest BCUT2D eigenvalue weighted by Crippen LogP contribution is 2.35. The molecule has 1 aliphatic heterocycles. The third-order valence-corrected chi connectivity index (χ3v) is 4.16. The van der Waals surface area contributed by atoms with Crippen molar-refractivity contribution >= 4 is 24.8 Å². The molecule has 1 N–H and O–H groups in total. The fourth-order valence-electron chi connectivity index (χ4n) is 3.10. The Morgan fingerprint density at radius 1 is 1.12 bits per heavy atom. The van der Waals surface area contributed by atoms with Gasteiger partial charge >= 0.3 is 0 Å². The molecule has 24 heavy (non-hydrogen) atoms. The standard InChI is InChI=1S/C18H30N2O2.2ClH/c1-5-22-17-7-6-15(13-18(17)21-4)16(12-14(2)3)20-10-8-19-9-11-20;;/h6-7,13-14,16,19H,5,8-12H2,1-4H3;2*1H/t16-;;/m1../s1. The first-order valence-electron chi connectivity index (χ1n) is 8.41. The molecular formula is C18H32Cl2N2O2. The van der Waals surface area contributed by atoms with Crippen molar-refractivity contribution in [3.8, 4) is 11.5 Å². The minimum atomic E-state index is 0. The molecule has 0 spiro atoms. The number of hydrogen-bond acceptors (Lipinski definition) is 4. The van der Waals surface area contributed by atoms with Gasteiger partial charge in [-0.25, -0.2) is 0 Å². The summed E-state index contributed by atoms with van der Waals surface area (Å²) >= 11 is 0. The number of halogens is 2. The molecule has 140 valence electrons. The van der Waals surface area contributed by atoms with Crippen molar-refractivity contribution in [2.75, 3.05) is 39.9 Å². The van der Waals surface area contributed by atoms with Crippen LogP contribution in [0.4, 0.5) is 0 Å². The molecule has 0 unspecified atom stereocenters. The molecule has 1 aromatic rings. The Labute approximate surface area is 159 Å². The zero-order valence-electron chi connectivity index (χ0n) is 15.2.